The highest BCUT2D eigenvalue weighted by molar-refractivity contribution is 9.10. The Bertz CT molecular complexity index is 939. The van der Waals surface area contributed by atoms with E-state index in [9.17, 15) is 4.79 Å². The summed E-state index contributed by atoms with van der Waals surface area (Å²) >= 11 is 9.04. The molecule has 1 amide bonds. The molecule has 0 atom stereocenters. The molecule has 0 spiro atoms. The molecule has 2 aromatic carbocycles. The summed E-state index contributed by atoms with van der Waals surface area (Å²) in [4.78, 5) is 19.9. The molecule has 1 heterocycles. The third-order valence-electron chi connectivity index (χ3n) is 4.29. The molecular formula is C20H19BrN2O3S. The Morgan fingerprint density at radius 3 is 2.30 bits per heavy atom. The van der Waals surface area contributed by atoms with E-state index in [1.807, 2.05) is 38.1 Å². The molecule has 5 nitrogen and oxygen atoms in total. The number of methoxy groups -OCH3 is 2. The lowest BCUT2D eigenvalue weighted by Gasteiger charge is -2.29. The summed E-state index contributed by atoms with van der Waals surface area (Å²) in [5.74, 6) is 0.811. The van der Waals surface area contributed by atoms with E-state index in [0.717, 1.165) is 10.0 Å². The van der Waals surface area contributed by atoms with E-state index in [1.54, 1.807) is 30.2 Å². The molecule has 140 valence electrons. The van der Waals surface area contributed by atoms with Crippen LogP contribution >= 0.6 is 28.1 Å². The fraction of sp³-hybridized carbons (Fsp3) is 0.250. The third kappa shape index (κ3) is 3.61. The fourth-order valence-corrected chi connectivity index (χ4v) is 3.69. The van der Waals surface area contributed by atoms with Gasteiger partial charge in [0.25, 0.3) is 5.91 Å². The number of hydrogen-bond donors (Lipinski definition) is 0. The molecule has 1 aliphatic rings. The normalized spacial score (nSPS) is 15.5. The molecule has 0 N–H and O–H groups in total. The largest absolute Gasteiger partial charge is 0.493 e. The van der Waals surface area contributed by atoms with Crippen molar-refractivity contribution in [1.29, 1.82) is 0 Å². The Labute approximate surface area is 172 Å². The van der Waals surface area contributed by atoms with Crippen LogP contribution in [0.2, 0.25) is 0 Å². The van der Waals surface area contributed by atoms with Gasteiger partial charge in [-0.3, -0.25) is 14.7 Å². The van der Waals surface area contributed by atoms with Gasteiger partial charge in [-0.1, -0.05) is 40.3 Å². The van der Waals surface area contributed by atoms with Gasteiger partial charge in [-0.15, -0.1) is 0 Å². The topological polar surface area (TPSA) is 51.1 Å². The minimum Gasteiger partial charge on any atom is -0.493 e. The monoisotopic (exact) mass is 446 g/mol. The van der Waals surface area contributed by atoms with Gasteiger partial charge in [0.05, 0.1) is 14.2 Å². The molecule has 0 aliphatic carbocycles. The van der Waals surface area contributed by atoms with Gasteiger partial charge in [0.15, 0.2) is 11.5 Å². The number of hydrogen-bond acceptors (Lipinski definition) is 5. The molecule has 27 heavy (non-hydrogen) atoms. The van der Waals surface area contributed by atoms with Crippen molar-refractivity contribution in [2.75, 3.05) is 14.2 Å². The number of carbonyl (C=O) groups excluding carboxylic acids is 1. The zero-order valence-corrected chi connectivity index (χ0v) is 17.8. The lowest BCUT2D eigenvalue weighted by Crippen LogP contribution is -2.46. The molecule has 0 fully saturated rings. The molecule has 0 saturated carbocycles. The molecule has 0 unspecified atom stereocenters. The first kappa shape index (κ1) is 19.5. The van der Waals surface area contributed by atoms with E-state index in [-0.39, 0.29) is 5.91 Å². The zero-order valence-electron chi connectivity index (χ0n) is 15.4. The molecule has 3 rings (SSSR count). The van der Waals surface area contributed by atoms with E-state index in [0.29, 0.717) is 27.8 Å². The second-order valence-electron chi connectivity index (χ2n) is 6.48. The molecule has 7 heteroatoms. The van der Waals surface area contributed by atoms with Crippen LogP contribution in [-0.4, -0.2) is 41.4 Å². The number of halogens is 1. The predicted octanol–water partition coefficient (Wildman–Crippen LogP) is 4.47. The lowest BCUT2D eigenvalue weighted by molar-refractivity contribution is 0.0758. The predicted molar refractivity (Wildman–Crippen MR) is 113 cm³/mol. The van der Waals surface area contributed by atoms with Crippen LogP contribution in [0.25, 0.3) is 0 Å². The van der Waals surface area contributed by atoms with Gasteiger partial charge in [0.2, 0.25) is 0 Å². The van der Waals surface area contributed by atoms with E-state index < -0.39 is 5.66 Å². The minimum atomic E-state index is -0.788. The SMILES string of the molecule is COc1ccc(C(=O)N2C(=S)C(c3ccc(Br)cc3)=NC2(C)C)cc1OC. The van der Waals surface area contributed by atoms with Crippen molar-refractivity contribution in [3.05, 3.63) is 58.1 Å². The highest BCUT2D eigenvalue weighted by atomic mass is 79.9. The number of ether oxygens (including phenoxy) is 2. The number of rotatable bonds is 4. The number of aliphatic imine (C=N–C) groups is 1. The average molecular weight is 447 g/mol. The van der Waals surface area contributed by atoms with Gasteiger partial charge in [-0.05, 0) is 44.2 Å². The number of amides is 1. The average Bonchev–Trinajstić information content (AvgIpc) is 2.90. The number of carbonyl (C=O) groups is 1. The van der Waals surface area contributed by atoms with Crippen molar-refractivity contribution in [3.63, 3.8) is 0 Å². The first-order valence-electron chi connectivity index (χ1n) is 8.25. The molecule has 0 radical (unpaired) electrons. The van der Waals surface area contributed by atoms with Crippen molar-refractivity contribution in [3.8, 4) is 11.5 Å². The maximum absolute atomic E-state index is 13.2. The Hall–Kier alpha value is -2.25. The highest BCUT2D eigenvalue weighted by Gasteiger charge is 2.42. The Morgan fingerprint density at radius 2 is 1.70 bits per heavy atom. The molecule has 0 aromatic heterocycles. The number of nitrogens with zero attached hydrogens (tertiary/aromatic N) is 2. The third-order valence-corrected chi connectivity index (χ3v) is 5.19. The summed E-state index contributed by atoms with van der Waals surface area (Å²) < 4.78 is 11.5. The highest BCUT2D eigenvalue weighted by Crippen LogP contribution is 2.32. The van der Waals surface area contributed by atoms with E-state index in [1.165, 1.54) is 7.11 Å². The summed E-state index contributed by atoms with van der Waals surface area (Å²) in [6, 6.07) is 12.7. The Morgan fingerprint density at radius 1 is 1.07 bits per heavy atom. The van der Waals surface area contributed by atoms with Gasteiger partial charge in [0, 0.05) is 15.6 Å². The van der Waals surface area contributed by atoms with E-state index >= 15 is 0 Å². The van der Waals surface area contributed by atoms with E-state index in [4.69, 9.17) is 26.7 Å². The van der Waals surface area contributed by atoms with Crippen molar-refractivity contribution < 1.29 is 14.3 Å². The number of thiocarbonyl (C=S) groups is 1. The second-order valence-corrected chi connectivity index (χ2v) is 7.78. The summed E-state index contributed by atoms with van der Waals surface area (Å²) in [6.07, 6.45) is 0. The van der Waals surface area contributed by atoms with Gasteiger partial charge in [0.1, 0.15) is 16.4 Å². The smallest absolute Gasteiger partial charge is 0.261 e. The van der Waals surface area contributed by atoms with Crippen LogP contribution in [0.3, 0.4) is 0 Å². The Balaban J connectivity index is 1.96. The molecule has 2 aromatic rings. The number of benzene rings is 2. The maximum Gasteiger partial charge on any atom is 0.261 e. The minimum absolute atomic E-state index is 0.234. The summed E-state index contributed by atoms with van der Waals surface area (Å²) in [5.41, 5.74) is 1.18. The molecule has 0 bridgehead atoms. The quantitative estimate of drug-likeness (QED) is 0.649. The lowest BCUT2D eigenvalue weighted by atomic mass is 10.1. The van der Waals surface area contributed by atoms with Crippen molar-refractivity contribution in [2.45, 2.75) is 19.5 Å². The van der Waals surface area contributed by atoms with Gasteiger partial charge >= 0.3 is 0 Å². The second kappa shape index (κ2) is 7.40. The summed E-state index contributed by atoms with van der Waals surface area (Å²) in [5, 5.41) is 0. The van der Waals surface area contributed by atoms with Crippen LogP contribution < -0.4 is 9.47 Å². The van der Waals surface area contributed by atoms with Crippen molar-refractivity contribution in [1.82, 2.24) is 4.90 Å². The van der Waals surface area contributed by atoms with Crippen LogP contribution in [0.1, 0.15) is 29.8 Å². The van der Waals surface area contributed by atoms with Crippen LogP contribution in [-0.2, 0) is 0 Å². The first-order chi connectivity index (χ1) is 12.8. The van der Waals surface area contributed by atoms with Crippen LogP contribution in [0, 0.1) is 0 Å². The van der Waals surface area contributed by atoms with Crippen LogP contribution in [0.15, 0.2) is 51.9 Å². The summed E-state index contributed by atoms with van der Waals surface area (Å²) in [7, 11) is 3.08. The molecule has 0 saturated heterocycles. The summed E-state index contributed by atoms with van der Waals surface area (Å²) in [6.45, 7) is 3.73. The van der Waals surface area contributed by atoms with Gasteiger partial charge in [-0.2, -0.15) is 0 Å². The maximum atomic E-state index is 13.2. The Kier molecular flexibility index (Phi) is 5.35. The van der Waals surface area contributed by atoms with Gasteiger partial charge in [-0.25, -0.2) is 0 Å². The van der Waals surface area contributed by atoms with E-state index in [2.05, 4.69) is 15.9 Å². The van der Waals surface area contributed by atoms with Crippen LogP contribution in [0.4, 0.5) is 0 Å². The fourth-order valence-electron chi connectivity index (χ4n) is 2.96. The van der Waals surface area contributed by atoms with Gasteiger partial charge < -0.3 is 9.47 Å². The van der Waals surface area contributed by atoms with Crippen LogP contribution in [0.5, 0.6) is 11.5 Å². The standard InChI is InChI=1S/C20H19BrN2O3S/c1-20(2)22-17(12-5-8-14(21)9-6-12)19(27)23(20)18(24)13-7-10-15(25-3)16(11-13)26-4/h5-11H,1-4H3. The molecule has 1 aliphatic heterocycles. The van der Waals surface area contributed by atoms with Crippen molar-refractivity contribution in [2.24, 2.45) is 4.99 Å². The van der Waals surface area contributed by atoms with Crippen molar-refractivity contribution >= 4 is 44.8 Å². The first-order valence-corrected chi connectivity index (χ1v) is 9.45. The zero-order chi connectivity index (χ0) is 19.8. The molecular weight excluding hydrogens is 428 g/mol.